The van der Waals surface area contributed by atoms with E-state index in [0.717, 1.165) is 48.2 Å². The summed E-state index contributed by atoms with van der Waals surface area (Å²) in [5.74, 6) is 1.13. The van der Waals surface area contributed by atoms with Crippen molar-refractivity contribution in [3.8, 4) is 11.5 Å². The predicted molar refractivity (Wildman–Crippen MR) is 107 cm³/mol. The fourth-order valence-electron chi connectivity index (χ4n) is 4.72. The van der Waals surface area contributed by atoms with E-state index >= 15 is 0 Å². The van der Waals surface area contributed by atoms with Crippen LogP contribution in [0.5, 0.6) is 11.5 Å². The zero-order valence-corrected chi connectivity index (χ0v) is 16.6. The summed E-state index contributed by atoms with van der Waals surface area (Å²) in [6.07, 6.45) is 4.45. The van der Waals surface area contributed by atoms with E-state index in [-0.39, 0.29) is 23.4 Å². The van der Waals surface area contributed by atoms with Gasteiger partial charge in [-0.05, 0) is 57.2 Å². The second-order valence-corrected chi connectivity index (χ2v) is 7.59. The molecule has 1 fully saturated rings. The van der Waals surface area contributed by atoms with Gasteiger partial charge in [0, 0.05) is 35.7 Å². The van der Waals surface area contributed by atoms with Crippen molar-refractivity contribution in [3.05, 3.63) is 35.0 Å². The molecule has 0 N–H and O–H groups in total. The lowest BCUT2D eigenvalue weighted by Crippen LogP contribution is -2.39. The van der Waals surface area contributed by atoms with E-state index in [1.165, 1.54) is 0 Å². The fraction of sp³-hybridized carbons (Fsp3) is 0.522. The SMILES string of the molecule is CCOc1ccc([C@H]2C3=C(CCCC3=O)N=C3CCCC(=O)C32)cc1OCC. The van der Waals surface area contributed by atoms with Crippen LogP contribution in [0.25, 0.3) is 0 Å². The molecule has 0 spiro atoms. The van der Waals surface area contributed by atoms with Crippen LogP contribution < -0.4 is 9.47 Å². The maximum absolute atomic E-state index is 12.9. The Morgan fingerprint density at radius 2 is 1.68 bits per heavy atom. The Labute approximate surface area is 165 Å². The molecule has 148 valence electrons. The van der Waals surface area contributed by atoms with Gasteiger partial charge in [0.15, 0.2) is 17.3 Å². The van der Waals surface area contributed by atoms with Crippen molar-refractivity contribution in [2.75, 3.05) is 13.2 Å². The lowest BCUT2D eigenvalue weighted by molar-refractivity contribution is -0.122. The summed E-state index contributed by atoms with van der Waals surface area (Å²) >= 11 is 0. The van der Waals surface area contributed by atoms with Crippen LogP contribution in [0.1, 0.15) is 63.9 Å². The molecule has 1 aromatic carbocycles. The molecule has 0 saturated heterocycles. The first-order chi connectivity index (χ1) is 13.6. The van der Waals surface area contributed by atoms with E-state index in [9.17, 15) is 9.59 Å². The molecular weight excluding hydrogens is 354 g/mol. The van der Waals surface area contributed by atoms with Crippen LogP contribution in [0.15, 0.2) is 34.5 Å². The highest BCUT2D eigenvalue weighted by Crippen LogP contribution is 2.47. The van der Waals surface area contributed by atoms with Crippen LogP contribution in [0.4, 0.5) is 0 Å². The van der Waals surface area contributed by atoms with Gasteiger partial charge in [-0.15, -0.1) is 0 Å². The Bertz CT molecular complexity index is 867. The number of hydrogen-bond donors (Lipinski definition) is 0. The normalized spacial score (nSPS) is 24.4. The van der Waals surface area contributed by atoms with Gasteiger partial charge in [-0.1, -0.05) is 6.07 Å². The topological polar surface area (TPSA) is 65.0 Å². The van der Waals surface area contributed by atoms with Gasteiger partial charge < -0.3 is 9.47 Å². The van der Waals surface area contributed by atoms with Gasteiger partial charge in [0.25, 0.3) is 0 Å². The molecule has 4 rings (SSSR count). The Morgan fingerprint density at radius 1 is 0.929 bits per heavy atom. The number of carbonyl (C=O) groups is 2. The minimum atomic E-state index is -0.318. The molecule has 5 nitrogen and oxygen atoms in total. The standard InChI is InChI=1S/C23H27NO4/c1-3-27-19-12-11-14(13-20(19)28-4-2)21-22-15(7-5-9-17(22)25)24-16-8-6-10-18(26)23(16)21/h11-13,21-22H,3-10H2,1-2H3/t21-,22?/m1/s1. The van der Waals surface area contributed by atoms with Crippen LogP contribution in [-0.4, -0.2) is 30.5 Å². The number of ketones is 2. The molecule has 2 atom stereocenters. The first kappa shape index (κ1) is 18.9. The fourth-order valence-corrected chi connectivity index (χ4v) is 4.72. The number of rotatable bonds is 5. The van der Waals surface area contributed by atoms with Crippen molar-refractivity contribution >= 4 is 17.3 Å². The molecule has 2 aliphatic carbocycles. The molecule has 28 heavy (non-hydrogen) atoms. The Kier molecular flexibility index (Phi) is 5.33. The zero-order valence-electron chi connectivity index (χ0n) is 16.6. The highest BCUT2D eigenvalue weighted by Gasteiger charge is 2.44. The number of carbonyl (C=O) groups excluding carboxylic acids is 2. The second kappa shape index (κ2) is 7.90. The minimum absolute atomic E-state index is 0.138. The molecule has 0 bridgehead atoms. The first-order valence-corrected chi connectivity index (χ1v) is 10.4. The Hall–Kier alpha value is -2.43. The summed E-state index contributed by atoms with van der Waals surface area (Å²) in [4.78, 5) is 30.6. The molecule has 0 radical (unpaired) electrons. The number of allylic oxidation sites excluding steroid dienone is 2. The van der Waals surface area contributed by atoms with Crippen molar-refractivity contribution in [2.24, 2.45) is 10.9 Å². The number of benzene rings is 1. The van der Waals surface area contributed by atoms with Crippen molar-refractivity contribution in [3.63, 3.8) is 0 Å². The maximum Gasteiger partial charge on any atom is 0.161 e. The van der Waals surface area contributed by atoms with Crippen LogP contribution in [0, 0.1) is 5.92 Å². The van der Waals surface area contributed by atoms with Gasteiger partial charge in [-0.2, -0.15) is 0 Å². The van der Waals surface area contributed by atoms with Gasteiger partial charge in [-0.25, -0.2) is 0 Å². The van der Waals surface area contributed by atoms with Gasteiger partial charge in [-0.3, -0.25) is 14.6 Å². The molecule has 1 heterocycles. The summed E-state index contributed by atoms with van der Waals surface area (Å²) in [5.41, 5.74) is 3.56. The van der Waals surface area contributed by atoms with E-state index in [1.54, 1.807) is 0 Å². The summed E-state index contributed by atoms with van der Waals surface area (Å²) in [5, 5.41) is 0. The average molecular weight is 381 g/mol. The zero-order chi connectivity index (χ0) is 19.7. The lowest BCUT2D eigenvalue weighted by Gasteiger charge is -2.38. The number of nitrogens with zero attached hydrogens (tertiary/aromatic N) is 1. The average Bonchev–Trinajstić information content (AvgIpc) is 2.69. The number of Topliss-reactive ketones (excluding diaryl/α,β-unsaturated/α-hetero) is 2. The Morgan fingerprint density at radius 3 is 2.46 bits per heavy atom. The molecule has 1 saturated carbocycles. The third kappa shape index (κ3) is 3.27. The summed E-state index contributed by atoms with van der Waals surface area (Å²) in [6.45, 7) is 4.94. The van der Waals surface area contributed by atoms with Gasteiger partial charge in [0.05, 0.1) is 19.1 Å². The second-order valence-electron chi connectivity index (χ2n) is 7.59. The molecule has 0 amide bonds. The molecule has 1 aliphatic heterocycles. The Balaban J connectivity index is 1.84. The van der Waals surface area contributed by atoms with E-state index < -0.39 is 0 Å². The largest absolute Gasteiger partial charge is 0.490 e. The smallest absolute Gasteiger partial charge is 0.161 e. The molecule has 1 aromatic rings. The molecule has 1 unspecified atom stereocenters. The summed E-state index contributed by atoms with van der Waals surface area (Å²) in [7, 11) is 0. The minimum Gasteiger partial charge on any atom is -0.490 e. The van der Waals surface area contributed by atoms with E-state index in [4.69, 9.17) is 14.5 Å². The predicted octanol–water partition coefficient (Wildman–Crippen LogP) is 4.40. The van der Waals surface area contributed by atoms with Crippen LogP contribution in [-0.2, 0) is 9.59 Å². The van der Waals surface area contributed by atoms with Crippen molar-refractivity contribution in [2.45, 2.75) is 58.3 Å². The van der Waals surface area contributed by atoms with Gasteiger partial charge in [0.1, 0.15) is 5.78 Å². The third-order valence-electron chi connectivity index (χ3n) is 5.84. The highest BCUT2D eigenvalue weighted by atomic mass is 16.5. The molecule has 5 heteroatoms. The van der Waals surface area contributed by atoms with E-state index in [2.05, 4.69) is 0 Å². The third-order valence-corrected chi connectivity index (χ3v) is 5.84. The van der Waals surface area contributed by atoms with Crippen LogP contribution >= 0.6 is 0 Å². The van der Waals surface area contributed by atoms with Gasteiger partial charge >= 0.3 is 0 Å². The molecular formula is C23H27NO4. The van der Waals surface area contributed by atoms with E-state index in [0.29, 0.717) is 37.6 Å². The summed E-state index contributed by atoms with van der Waals surface area (Å²) in [6, 6.07) is 5.84. The van der Waals surface area contributed by atoms with E-state index in [1.807, 2.05) is 32.0 Å². The maximum atomic E-state index is 12.9. The van der Waals surface area contributed by atoms with Crippen molar-refractivity contribution in [1.29, 1.82) is 0 Å². The van der Waals surface area contributed by atoms with Crippen LogP contribution in [0.3, 0.4) is 0 Å². The van der Waals surface area contributed by atoms with Gasteiger partial charge in [0.2, 0.25) is 0 Å². The highest BCUT2D eigenvalue weighted by molar-refractivity contribution is 6.12. The van der Waals surface area contributed by atoms with Crippen molar-refractivity contribution < 1.29 is 19.1 Å². The monoisotopic (exact) mass is 381 g/mol. The number of aliphatic imine (C=N–C) groups is 1. The first-order valence-electron chi connectivity index (χ1n) is 10.4. The quantitative estimate of drug-likeness (QED) is 0.758. The summed E-state index contributed by atoms with van der Waals surface area (Å²) < 4.78 is 11.5. The lowest BCUT2D eigenvalue weighted by atomic mass is 9.67. The number of ether oxygens (including phenoxy) is 2. The van der Waals surface area contributed by atoms with Crippen molar-refractivity contribution in [1.82, 2.24) is 0 Å². The number of hydrogen-bond acceptors (Lipinski definition) is 5. The molecule has 0 aromatic heterocycles. The van der Waals surface area contributed by atoms with Crippen LogP contribution in [0.2, 0.25) is 0 Å². The number of fused-ring (bicyclic) bond motifs is 1. The molecule has 3 aliphatic rings.